The van der Waals surface area contributed by atoms with E-state index in [2.05, 4.69) is 5.32 Å². The number of rotatable bonds is 5. The zero-order valence-electron chi connectivity index (χ0n) is 13.8. The van der Waals surface area contributed by atoms with E-state index < -0.39 is 0 Å². The predicted molar refractivity (Wildman–Crippen MR) is 87.5 cm³/mol. The average Bonchev–Trinajstić information content (AvgIpc) is 2.64. The lowest BCUT2D eigenvalue weighted by atomic mass is 10.2. The van der Waals surface area contributed by atoms with Gasteiger partial charge in [-0.05, 0) is 26.3 Å². The van der Waals surface area contributed by atoms with E-state index in [1.165, 1.54) is 0 Å². The van der Waals surface area contributed by atoms with E-state index in [1.54, 1.807) is 35.4 Å². The lowest BCUT2D eigenvalue weighted by Gasteiger charge is -2.15. The number of nitrogens with zero attached hydrogens (tertiary/aromatic N) is 2. The molecule has 0 aliphatic heterocycles. The van der Waals surface area contributed by atoms with Gasteiger partial charge >= 0.3 is 5.69 Å². The Morgan fingerprint density at radius 1 is 1.23 bits per heavy atom. The van der Waals surface area contributed by atoms with Crippen molar-refractivity contribution in [3.05, 3.63) is 22.6 Å². The van der Waals surface area contributed by atoms with Crippen LogP contribution in [0.3, 0.4) is 0 Å². The smallest absolute Gasteiger partial charge is 0.328 e. The quantitative estimate of drug-likeness (QED) is 0.922. The molecule has 0 atom stereocenters. The maximum absolute atomic E-state index is 12.1. The average molecular weight is 305 g/mol. The molecule has 0 unspecified atom stereocenters. The molecule has 0 saturated heterocycles. The molecule has 1 aromatic carbocycles. The van der Waals surface area contributed by atoms with Crippen LogP contribution in [0.15, 0.2) is 16.9 Å². The number of anilines is 1. The summed E-state index contributed by atoms with van der Waals surface area (Å²) in [5.41, 5.74) is 2.02. The number of imidazole rings is 1. The van der Waals surface area contributed by atoms with Gasteiger partial charge in [0.15, 0.2) is 0 Å². The van der Waals surface area contributed by atoms with Gasteiger partial charge in [0.25, 0.3) is 0 Å². The Bertz CT molecular complexity index is 756. The monoisotopic (exact) mass is 305 g/mol. The van der Waals surface area contributed by atoms with Gasteiger partial charge in [-0.15, -0.1) is 0 Å². The molecule has 2 rings (SSSR count). The van der Waals surface area contributed by atoms with Crippen molar-refractivity contribution in [2.45, 2.75) is 39.7 Å². The predicted octanol–water partition coefficient (Wildman–Crippen LogP) is 2.40. The van der Waals surface area contributed by atoms with Crippen molar-refractivity contribution in [2.75, 3.05) is 5.32 Å². The van der Waals surface area contributed by atoms with Crippen LogP contribution in [0.4, 0.5) is 5.69 Å². The Kier molecular flexibility index (Phi) is 4.59. The number of carbonyl (C=O) groups is 1. The molecular weight excluding hydrogens is 282 g/mol. The summed E-state index contributed by atoms with van der Waals surface area (Å²) in [7, 11) is 3.43. The maximum Gasteiger partial charge on any atom is 0.328 e. The lowest BCUT2D eigenvalue weighted by Crippen LogP contribution is -2.19. The molecule has 1 amide bonds. The van der Waals surface area contributed by atoms with Crippen molar-refractivity contribution in [1.29, 1.82) is 0 Å². The van der Waals surface area contributed by atoms with E-state index in [0.29, 0.717) is 17.9 Å². The first-order chi connectivity index (χ1) is 10.3. The Hall–Kier alpha value is -2.24. The summed E-state index contributed by atoms with van der Waals surface area (Å²) >= 11 is 0. The highest BCUT2D eigenvalue weighted by Gasteiger charge is 2.15. The summed E-state index contributed by atoms with van der Waals surface area (Å²) in [5, 5.41) is 2.88. The van der Waals surface area contributed by atoms with Crippen molar-refractivity contribution >= 4 is 22.6 Å². The maximum atomic E-state index is 12.1. The minimum Gasteiger partial charge on any atom is -0.489 e. The SMILES string of the molecule is CCCC(=O)Nc1cc2c(cc1OC(C)C)n(C)c(=O)n2C. The third-order valence-electron chi connectivity index (χ3n) is 3.49. The molecule has 1 heterocycles. The van der Waals surface area contributed by atoms with Gasteiger partial charge < -0.3 is 10.1 Å². The van der Waals surface area contributed by atoms with Crippen LogP contribution in [0, 0.1) is 0 Å². The Labute approximate surface area is 129 Å². The van der Waals surface area contributed by atoms with E-state index in [0.717, 1.165) is 17.5 Å². The van der Waals surface area contributed by atoms with Gasteiger partial charge in [0, 0.05) is 26.6 Å². The minimum atomic E-state index is -0.109. The summed E-state index contributed by atoms with van der Waals surface area (Å²) in [4.78, 5) is 24.0. The van der Waals surface area contributed by atoms with Gasteiger partial charge in [-0.3, -0.25) is 13.9 Å². The summed E-state index contributed by atoms with van der Waals surface area (Å²) < 4.78 is 8.93. The Morgan fingerprint density at radius 2 is 1.82 bits per heavy atom. The third kappa shape index (κ3) is 3.00. The van der Waals surface area contributed by atoms with Gasteiger partial charge in [-0.1, -0.05) is 6.92 Å². The van der Waals surface area contributed by atoms with Crippen molar-refractivity contribution in [3.63, 3.8) is 0 Å². The molecule has 22 heavy (non-hydrogen) atoms. The number of hydrogen-bond acceptors (Lipinski definition) is 3. The number of hydrogen-bond donors (Lipinski definition) is 1. The minimum absolute atomic E-state index is 0.0278. The summed E-state index contributed by atoms with van der Waals surface area (Å²) in [6, 6.07) is 3.60. The fourth-order valence-corrected chi connectivity index (χ4v) is 2.41. The van der Waals surface area contributed by atoms with Gasteiger partial charge in [-0.2, -0.15) is 0 Å². The van der Waals surface area contributed by atoms with Gasteiger partial charge in [0.2, 0.25) is 5.91 Å². The topological polar surface area (TPSA) is 65.3 Å². The molecule has 0 spiro atoms. The Morgan fingerprint density at radius 3 is 2.36 bits per heavy atom. The molecule has 0 saturated carbocycles. The molecule has 1 N–H and O–H groups in total. The second-order valence-corrected chi connectivity index (χ2v) is 5.70. The van der Waals surface area contributed by atoms with Crippen molar-refractivity contribution in [1.82, 2.24) is 9.13 Å². The van der Waals surface area contributed by atoms with Gasteiger partial charge in [-0.25, -0.2) is 4.79 Å². The van der Waals surface area contributed by atoms with E-state index in [-0.39, 0.29) is 17.7 Å². The molecule has 6 heteroatoms. The number of amides is 1. The van der Waals surface area contributed by atoms with E-state index >= 15 is 0 Å². The number of aryl methyl sites for hydroxylation is 2. The summed E-state index contributed by atoms with van der Waals surface area (Å²) in [5.74, 6) is 0.518. The molecule has 0 aliphatic rings. The molecule has 6 nitrogen and oxygen atoms in total. The highest BCUT2D eigenvalue weighted by atomic mass is 16.5. The molecule has 1 aromatic heterocycles. The second-order valence-electron chi connectivity index (χ2n) is 5.70. The molecule has 0 fully saturated rings. The van der Waals surface area contributed by atoms with Crippen molar-refractivity contribution in [3.8, 4) is 5.75 Å². The van der Waals surface area contributed by atoms with E-state index in [4.69, 9.17) is 4.74 Å². The van der Waals surface area contributed by atoms with Crippen LogP contribution in [0.25, 0.3) is 11.0 Å². The van der Waals surface area contributed by atoms with Crippen molar-refractivity contribution in [2.24, 2.45) is 14.1 Å². The number of carbonyl (C=O) groups excluding carboxylic acids is 1. The second kappa shape index (κ2) is 6.25. The zero-order valence-corrected chi connectivity index (χ0v) is 13.8. The standard InChI is InChI=1S/C16H23N3O3/c1-6-7-15(20)17-11-8-12-13(9-14(11)22-10(2)3)19(5)16(21)18(12)4/h8-10H,6-7H2,1-5H3,(H,17,20). The van der Waals surface area contributed by atoms with Crippen LogP contribution in [0.2, 0.25) is 0 Å². The highest BCUT2D eigenvalue weighted by molar-refractivity contribution is 5.95. The molecule has 0 aliphatic carbocycles. The first kappa shape index (κ1) is 16.1. The van der Waals surface area contributed by atoms with Gasteiger partial charge in [0.05, 0.1) is 22.8 Å². The number of ether oxygens (including phenoxy) is 1. The third-order valence-corrected chi connectivity index (χ3v) is 3.49. The number of nitrogens with one attached hydrogen (secondary N) is 1. The number of fused-ring (bicyclic) bond motifs is 1. The van der Waals surface area contributed by atoms with Gasteiger partial charge in [0.1, 0.15) is 5.75 Å². The first-order valence-electron chi connectivity index (χ1n) is 7.51. The fourth-order valence-electron chi connectivity index (χ4n) is 2.41. The zero-order chi connectivity index (χ0) is 16.4. The fraction of sp³-hybridized carbons (Fsp3) is 0.500. The van der Waals surface area contributed by atoms with Crippen LogP contribution in [-0.2, 0) is 18.9 Å². The molecule has 0 radical (unpaired) electrons. The van der Waals surface area contributed by atoms with Crippen LogP contribution in [0.5, 0.6) is 5.75 Å². The normalized spacial score (nSPS) is 11.2. The van der Waals surface area contributed by atoms with Crippen LogP contribution in [0.1, 0.15) is 33.6 Å². The molecular formula is C16H23N3O3. The van der Waals surface area contributed by atoms with E-state index in [1.807, 2.05) is 20.8 Å². The number of benzene rings is 1. The number of aromatic nitrogens is 2. The Balaban J connectivity index is 2.58. The largest absolute Gasteiger partial charge is 0.489 e. The van der Waals surface area contributed by atoms with Crippen LogP contribution >= 0.6 is 0 Å². The first-order valence-corrected chi connectivity index (χ1v) is 7.51. The molecule has 2 aromatic rings. The molecule has 120 valence electrons. The summed E-state index contributed by atoms with van der Waals surface area (Å²) in [6.45, 7) is 5.80. The van der Waals surface area contributed by atoms with Crippen LogP contribution < -0.4 is 15.7 Å². The van der Waals surface area contributed by atoms with Crippen molar-refractivity contribution < 1.29 is 9.53 Å². The summed E-state index contributed by atoms with van der Waals surface area (Å²) in [6.07, 6.45) is 1.20. The van der Waals surface area contributed by atoms with Crippen LogP contribution in [-0.4, -0.2) is 21.1 Å². The molecule has 0 bridgehead atoms. The highest BCUT2D eigenvalue weighted by Crippen LogP contribution is 2.31. The van der Waals surface area contributed by atoms with E-state index in [9.17, 15) is 9.59 Å². The lowest BCUT2D eigenvalue weighted by molar-refractivity contribution is -0.116.